The summed E-state index contributed by atoms with van der Waals surface area (Å²) in [5.74, 6) is 2.02. The van der Waals surface area contributed by atoms with E-state index < -0.39 is 0 Å². The molecule has 1 rings (SSSR count). The van der Waals surface area contributed by atoms with E-state index in [1.165, 1.54) is 6.26 Å². The number of thioether (sulfide) groups is 1. The molecule has 0 bridgehead atoms. The Labute approximate surface area is 99.5 Å². The molecule has 90 valence electrons. The van der Waals surface area contributed by atoms with Crippen molar-refractivity contribution in [2.75, 3.05) is 18.9 Å². The van der Waals surface area contributed by atoms with Gasteiger partial charge in [0.1, 0.15) is 11.3 Å². The van der Waals surface area contributed by atoms with Gasteiger partial charge in [-0.2, -0.15) is 11.8 Å². The number of carbonyl (C=O) groups is 1. The summed E-state index contributed by atoms with van der Waals surface area (Å²) in [6.07, 6.45) is 2.49. The van der Waals surface area contributed by atoms with Crippen LogP contribution in [0.4, 0.5) is 0 Å². The van der Waals surface area contributed by atoms with Gasteiger partial charge in [0.2, 0.25) is 0 Å². The molecule has 0 fully saturated rings. The summed E-state index contributed by atoms with van der Waals surface area (Å²) in [4.78, 5) is 11.5. The van der Waals surface area contributed by atoms with Crippen LogP contribution in [0, 0.1) is 0 Å². The lowest BCUT2D eigenvalue weighted by Crippen LogP contribution is -2.05. The highest BCUT2D eigenvalue weighted by molar-refractivity contribution is 7.98. The summed E-state index contributed by atoms with van der Waals surface area (Å²) < 4.78 is 10.2. The van der Waals surface area contributed by atoms with Gasteiger partial charge in [0, 0.05) is 0 Å². The molecule has 0 aliphatic heterocycles. The van der Waals surface area contributed by atoms with Gasteiger partial charge in [0.15, 0.2) is 0 Å². The molecule has 0 atom stereocenters. The maximum Gasteiger partial charge on any atom is 0.341 e. The van der Waals surface area contributed by atoms with Gasteiger partial charge in [-0.15, -0.1) is 0 Å². The van der Waals surface area contributed by atoms with Crippen molar-refractivity contribution in [1.29, 1.82) is 0 Å². The van der Waals surface area contributed by atoms with Crippen molar-refractivity contribution in [2.45, 2.75) is 19.1 Å². The molecule has 0 amide bonds. The third-order valence-electron chi connectivity index (χ3n) is 1.97. The van der Waals surface area contributed by atoms with Crippen LogP contribution in [0.2, 0.25) is 0 Å². The standard InChI is InChI=1S/C11H17NO3S/c1-2-14-11(13)9-4-6-15-10(9)8-16-7-3-5-12/h4,6H,2-3,5,7-8,12H2,1H3. The molecule has 1 heterocycles. The van der Waals surface area contributed by atoms with Crippen LogP contribution in [0.15, 0.2) is 16.7 Å². The van der Waals surface area contributed by atoms with Crippen LogP contribution in [0.3, 0.4) is 0 Å². The number of esters is 1. The molecular weight excluding hydrogens is 226 g/mol. The fourth-order valence-electron chi connectivity index (χ4n) is 1.19. The highest BCUT2D eigenvalue weighted by Gasteiger charge is 2.15. The first-order chi connectivity index (χ1) is 7.79. The number of hydrogen-bond acceptors (Lipinski definition) is 5. The number of furan rings is 1. The predicted molar refractivity (Wildman–Crippen MR) is 64.5 cm³/mol. The molecular formula is C11H17NO3S. The van der Waals surface area contributed by atoms with Crippen LogP contribution in [0.25, 0.3) is 0 Å². The topological polar surface area (TPSA) is 65.5 Å². The summed E-state index contributed by atoms with van der Waals surface area (Å²) in [6, 6.07) is 1.65. The Morgan fingerprint density at radius 3 is 3.12 bits per heavy atom. The Balaban J connectivity index is 2.47. The van der Waals surface area contributed by atoms with E-state index in [0.717, 1.165) is 12.2 Å². The van der Waals surface area contributed by atoms with Crippen molar-refractivity contribution in [3.63, 3.8) is 0 Å². The van der Waals surface area contributed by atoms with E-state index in [9.17, 15) is 4.79 Å². The highest BCUT2D eigenvalue weighted by Crippen LogP contribution is 2.19. The maximum absolute atomic E-state index is 11.5. The molecule has 0 aromatic carbocycles. The summed E-state index contributed by atoms with van der Waals surface area (Å²) in [5.41, 5.74) is 5.92. The van der Waals surface area contributed by atoms with E-state index in [0.29, 0.717) is 30.2 Å². The molecule has 0 aliphatic rings. The van der Waals surface area contributed by atoms with Crippen LogP contribution < -0.4 is 5.73 Å². The van der Waals surface area contributed by atoms with Crippen molar-refractivity contribution in [1.82, 2.24) is 0 Å². The largest absolute Gasteiger partial charge is 0.468 e. The molecule has 4 nitrogen and oxygen atoms in total. The summed E-state index contributed by atoms with van der Waals surface area (Å²) in [6.45, 7) is 2.85. The van der Waals surface area contributed by atoms with Crippen molar-refractivity contribution in [2.24, 2.45) is 5.73 Å². The summed E-state index contributed by atoms with van der Waals surface area (Å²) in [7, 11) is 0. The number of nitrogens with two attached hydrogens (primary N) is 1. The Hall–Kier alpha value is -0.940. The van der Waals surface area contributed by atoms with E-state index in [1.54, 1.807) is 24.8 Å². The Morgan fingerprint density at radius 2 is 2.44 bits per heavy atom. The lowest BCUT2D eigenvalue weighted by Gasteiger charge is -2.02. The van der Waals surface area contributed by atoms with Gasteiger partial charge in [-0.25, -0.2) is 4.79 Å². The highest BCUT2D eigenvalue weighted by atomic mass is 32.2. The van der Waals surface area contributed by atoms with Crippen molar-refractivity contribution < 1.29 is 13.9 Å². The molecule has 1 aromatic heterocycles. The maximum atomic E-state index is 11.5. The SMILES string of the molecule is CCOC(=O)c1ccoc1CSCCCN. The molecule has 0 unspecified atom stereocenters. The van der Waals surface area contributed by atoms with Crippen molar-refractivity contribution in [3.05, 3.63) is 23.7 Å². The molecule has 2 N–H and O–H groups in total. The van der Waals surface area contributed by atoms with Crippen LogP contribution in [0.1, 0.15) is 29.5 Å². The fourth-order valence-corrected chi connectivity index (χ4v) is 2.12. The minimum absolute atomic E-state index is 0.314. The number of hydrogen-bond donors (Lipinski definition) is 1. The Bertz CT molecular complexity index is 325. The molecule has 16 heavy (non-hydrogen) atoms. The van der Waals surface area contributed by atoms with E-state index in [4.69, 9.17) is 14.9 Å². The van der Waals surface area contributed by atoms with Gasteiger partial charge >= 0.3 is 5.97 Å². The van der Waals surface area contributed by atoms with E-state index >= 15 is 0 Å². The third kappa shape index (κ3) is 3.90. The minimum Gasteiger partial charge on any atom is -0.468 e. The first-order valence-corrected chi connectivity index (χ1v) is 6.46. The first kappa shape index (κ1) is 13.1. The summed E-state index contributed by atoms with van der Waals surface area (Å²) >= 11 is 1.70. The zero-order valence-corrected chi connectivity index (χ0v) is 10.2. The van der Waals surface area contributed by atoms with Gasteiger partial charge in [-0.1, -0.05) is 0 Å². The van der Waals surface area contributed by atoms with Gasteiger partial charge < -0.3 is 14.9 Å². The van der Waals surface area contributed by atoms with Crippen molar-refractivity contribution in [3.8, 4) is 0 Å². The molecule has 0 spiro atoms. The van der Waals surface area contributed by atoms with Gasteiger partial charge in [0.05, 0.1) is 18.6 Å². The molecule has 0 aliphatic carbocycles. The van der Waals surface area contributed by atoms with Crippen LogP contribution in [0.5, 0.6) is 0 Å². The molecule has 1 aromatic rings. The average Bonchev–Trinajstić information content (AvgIpc) is 2.73. The van der Waals surface area contributed by atoms with Gasteiger partial charge in [-0.3, -0.25) is 0 Å². The van der Waals surface area contributed by atoms with Crippen LogP contribution in [-0.2, 0) is 10.5 Å². The van der Waals surface area contributed by atoms with Crippen LogP contribution >= 0.6 is 11.8 Å². The fraction of sp³-hybridized carbons (Fsp3) is 0.545. The first-order valence-electron chi connectivity index (χ1n) is 5.31. The number of rotatable bonds is 7. The molecule has 0 saturated heterocycles. The van der Waals surface area contributed by atoms with Gasteiger partial charge in [0.25, 0.3) is 0 Å². The zero-order valence-electron chi connectivity index (χ0n) is 9.40. The lowest BCUT2D eigenvalue weighted by atomic mass is 10.3. The number of carbonyl (C=O) groups excluding carboxylic acids is 1. The van der Waals surface area contributed by atoms with E-state index in [-0.39, 0.29) is 5.97 Å². The monoisotopic (exact) mass is 243 g/mol. The quantitative estimate of drug-likeness (QED) is 0.586. The smallest absolute Gasteiger partial charge is 0.341 e. The number of ether oxygens (including phenoxy) is 1. The van der Waals surface area contributed by atoms with E-state index in [1.807, 2.05) is 0 Å². The predicted octanol–water partition coefficient (Wildman–Crippen LogP) is 2.04. The Kier molecular flexibility index (Phi) is 6.03. The lowest BCUT2D eigenvalue weighted by molar-refractivity contribution is 0.0524. The van der Waals surface area contributed by atoms with Crippen molar-refractivity contribution >= 4 is 17.7 Å². The zero-order chi connectivity index (χ0) is 11.8. The second-order valence-electron chi connectivity index (χ2n) is 3.17. The summed E-state index contributed by atoms with van der Waals surface area (Å²) in [5, 5.41) is 0. The molecule has 0 saturated carbocycles. The Morgan fingerprint density at radius 1 is 1.62 bits per heavy atom. The second kappa shape index (κ2) is 7.35. The molecule has 5 heteroatoms. The average molecular weight is 243 g/mol. The molecule has 0 radical (unpaired) electrons. The van der Waals surface area contributed by atoms with Gasteiger partial charge in [-0.05, 0) is 31.7 Å². The minimum atomic E-state index is -0.314. The second-order valence-corrected chi connectivity index (χ2v) is 4.28. The van der Waals surface area contributed by atoms with E-state index in [2.05, 4.69) is 0 Å². The normalized spacial score (nSPS) is 10.4. The third-order valence-corrected chi connectivity index (χ3v) is 3.01. The van der Waals surface area contributed by atoms with Crippen LogP contribution in [-0.4, -0.2) is 24.9 Å².